The smallest absolute Gasteiger partial charge is 0.246 e. The molecule has 0 aromatic heterocycles. The first-order valence-electron chi connectivity index (χ1n) is 13.8. The SMILES string of the molecule is C=CCN1CC[C@@]23c4c5ccc(O)c4C[C@@H]1[C@@H]2CC[C@H](N(CC(C)C)C(=O)C=Cc1ccccc1)[C@@H]3O5. The van der Waals surface area contributed by atoms with Crippen molar-refractivity contribution >= 4 is 12.0 Å². The Hall–Kier alpha value is -3.05. The number of benzene rings is 2. The molecule has 194 valence electrons. The number of ether oxygens (including phenoxy) is 1. The van der Waals surface area contributed by atoms with E-state index in [1.165, 1.54) is 5.56 Å². The molecule has 2 heterocycles. The van der Waals surface area contributed by atoms with Crippen LogP contribution in [0.4, 0.5) is 0 Å². The first kappa shape index (κ1) is 24.3. The van der Waals surface area contributed by atoms with E-state index in [1.807, 2.05) is 48.6 Å². The average Bonchev–Trinajstić information content (AvgIpc) is 3.23. The molecule has 1 spiro atoms. The van der Waals surface area contributed by atoms with Gasteiger partial charge in [-0.05, 0) is 67.8 Å². The van der Waals surface area contributed by atoms with Gasteiger partial charge in [0.05, 0.1) is 6.04 Å². The van der Waals surface area contributed by atoms with E-state index in [0.29, 0.717) is 30.2 Å². The maximum atomic E-state index is 13.8. The number of rotatable bonds is 7. The maximum Gasteiger partial charge on any atom is 0.246 e. The van der Waals surface area contributed by atoms with Crippen LogP contribution >= 0.6 is 0 Å². The summed E-state index contributed by atoms with van der Waals surface area (Å²) in [4.78, 5) is 18.4. The molecule has 2 aromatic carbocycles. The number of nitrogens with zero attached hydrogens (tertiary/aromatic N) is 2. The van der Waals surface area contributed by atoms with Gasteiger partial charge in [-0.3, -0.25) is 9.69 Å². The summed E-state index contributed by atoms with van der Waals surface area (Å²) in [6.07, 6.45) is 9.38. The molecule has 2 aromatic rings. The van der Waals surface area contributed by atoms with Crippen molar-refractivity contribution in [1.82, 2.24) is 9.80 Å². The van der Waals surface area contributed by atoms with Crippen molar-refractivity contribution in [3.05, 3.63) is 77.9 Å². The van der Waals surface area contributed by atoms with Crippen LogP contribution in [0.1, 0.15) is 49.8 Å². The Kier molecular flexibility index (Phi) is 6.15. The minimum absolute atomic E-state index is 0.00123. The molecular formula is C32H38N2O3. The van der Waals surface area contributed by atoms with Gasteiger partial charge in [-0.2, -0.15) is 0 Å². The van der Waals surface area contributed by atoms with E-state index in [1.54, 1.807) is 12.1 Å². The number of phenols is 1. The van der Waals surface area contributed by atoms with E-state index in [4.69, 9.17) is 4.74 Å². The van der Waals surface area contributed by atoms with E-state index in [-0.39, 0.29) is 23.5 Å². The molecule has 1 saturated carbocycles. The Morgan fingerprint density at radius 1 is 1.24 bits per heavy atom. The van der Waals surface area contributed by atoms with Crippen LogP contribution in [0.25, 0.3) is 6.08 Å². The molecule has 2 bridgehead atoms. The van der Waals surface area contributed by atoms with Crippen LogP contribution in [0.15, 0.2) is 61.2 Å². The lowest BCUT2D eigenvalue weighted by atomic mass is 9.51. The van der Waals surface area contributed by atoms with Gasteiger partial charge in [0.15, 0.2) is 0 Å². The fourth-order valence-electron chi connectivity index (χ4n) is 7.93. The van der Waals surface area contributed by atoms with E-state index >= 15 is 0 Å². The molecule has 0 radical (unpaired) electrons. The zero-order valence-corrected chi connectivity index (χ0v) is 22.0. The number of aromatic hydroxyl groups is 1. The summed E-state index contributed by atoms with van der Waals surface area (Å²) in [5, 5.41) is 11.0. The Labute approximate surface area is 220 Å². The molecule has 2 aliphatic carbocycles. The second-order valence-corrected chi connectivity index (χ2v) is 11.7. The topological polar surface area (TPSA) is 53.0 Å². The molecule has 5 atom stereocenters. The van der Waals surface area contributed by atoms with Crippen molar-refractivity contribution in [3.63, 3.8) is 0 Å². The van der Waals surface area contributed by atoms with Crippen LogP contribution in [0, 0.1) is 11.8 Å². The standard InChI is InChI=1S/C32H38N2O3/c1-4-17-33-18-16-32-24-11-12-25(31(32)37-28-14-13-27(35)23(30(28)32)19-26(24)33)34(20-21(2)3)29(36)15-10-22-8-6-5-7-9-22/h4-10,13-15,21,24-26,31,35H,1,11-12,16-20H2,2-3H3/t24-,25-,26+,31-,32-/m0/s1. The van der Waals surface area contributed by atoms with Crippen molar-refractivity contribution in [2.45, 2.75) is 63.1 Å². The Morgan fingerprint density at radius 2 is 2.05 bits per heavy atom. The molecular weight excluding hydrogens is 460 g/mol. The monoisotopic (exact) mass is 498 g/mol. The molecule has 0 unspecified atom stereocenters. The van der Waals surface area contributed by atoms with E-state index < -0.39 is 0 Å². The molecule has 37 heavy (non-hydrogen) atoms. The minimum atomic E-state index is -0.161. The molecule has 2 aliphatic heterocycles. The van der Waals surface area contributed by atoms with Gasteiger partial charge in [0.1, 0.15) is 17.6 Å². The van der Waals surface area contributed by atoms with Crippen molar-refractivity contribution in [1.29, 1.82) is 0 Å². The van der Waals surface area contributed by atoms with Gasteiger partial charge < -0.3 is 14.7 Å². The molecule has 5 heteroatoms. The minimum Gasteiger partial charge on any atom is -0.508 e. The zero-order valence-electron chi connectivity index (χ0n) is 22.0. The summed E-state index contributed by atoms with van der Waals surface area (Å²) in [5.41, 5.74) is 3.16. The van der Waals surface area contributed by atoms with Crippen molar-refractivity contribution < 1.29 is 14.6 Å². The number of likely N-dealkylation sites (tertiary alicyclic amines) is 1. The van der Waals surface area contributed by atoms with Crippen LogP contribution in [-0.2, 0) is 16.6 Å². The fraction of sp³-hybridized carbons (Fsp3) is 0.469. The van der Waals surface area contributed by atoms with Crippen LogP contribution in [0.3, 0.4) is 0 Å². The van der Waals surface area contributed by atoms with Crippen LogP contribution in [-0.4, -0.2) is 58.6 Å². The van der Waals surface area contributed by atoms with Gasteiger partial charge in [-0.25, -0.2) is 0 Å². The third-order valence-corrected chi connectivity index (χ3v) is 9.25. The highest BCUT2D eigenvalue weighted by Gasteiger charge is 2.66. The Bertz CT molecular complexity index is 1220. The van der Waals surface area contributed by atoms with Gasteiger partial charge in [-0.15, -0.1) is 6.58 Å². The number of hydrogen-bond donors (Lipinski definition) is 1. The molecule has 2 fully saturated rings. The summed E-state index contributed by atoms with van der Waals surface area (Å²) in [5.74, 6) is 2.16. The average molecular weight is 499 g/mol. The normalized spacial score (nSPS) is 29.7. The van der Waals surface area contributed by atoms with Gasteiger partial charge >= 0.3 is 0 Å². The third-order valence-electron chi connectivity index (χ3n) is 9.25. The van der Waals surface area contributed by atoms with E-state index in [9.17, 15) is 9.90 Å². The predicted octanol–water partition coefficient (Wildman–Crippen LogP) is 5.18. The molecule has 1 N–H and O–H groups in total. The van der Waals surface area contributed by atoms with Crippen LogP contribution in [0.2, 0.25) is 0 Å². The highest BCUT2D eigenvalue weighted by Crippen LogP contribution is 2.63. The first-order valence-corrected chi connectivity index (χ1v) is 13.8. The van der Waals surface area contributed by atoms with E-state index in [0.717, 1.165) is 55.6 Å². The summed E-state index contributed by atoms with van der Waals surface area (Å²) in [7, 11) is 0. The summed E-state index contributed by atoms with van der Waals surface area (Å²) < 4.78 is 6.85. The molecule has 4 aliphatic rings. The van der Waals surface area contributed by atoms with Crippen LogP contribution in [0.5, 0.6) is 11.5 Å². The number of hydrogen-bond acceptors (Lipinski definition) is 4. The van der Waals surface area contributed by atoms with Crippen LogP contribution < -0.4 is 4.74 Å². The maximum absolute atomic E-state index is 13.8. The highest BCUT2D eigenvalue weighted by atomic mass is 16.5. The summed E-state index contributed by atoms with van der Waals surface area (Å²) >= 11 is 0. The van der Waals surface area contributed by atoms with Crippen molar-refractivity contribution in [2.75, 3.05) is 19.6 Å². The molecule has 5 nitrogen and oxygen atoms in total. The first-order chi connectivity index (χ1) is 17.9. The lowest BCUT2D eigenvalue weighted by Gasteiger charge is -2.60. The number of carbonyl (C=O) groups excluding carboxylic acids is 1. The number of phenolic OH excluding ortho intramolecular Hbond substituents is 1. The second kappa shape index (κ2) is 9.36. The fourth-order valence-corrected chi connectivity index (χ4v) is 7.93. The van der Waals surface area contributed by atoms with Crippen molar-refractivity contribution in [2.24, 2.45) is 11.8 Å². The third kappa shape index (κ3) is 3.82. The lowest BCUT2D eigenvalue weighted by Crippen LogP contribution is -2.69. The Balaban J connectivity index is 1.39. The zero-order chi connectivity index (χ0) is 25.7. The molecule has 1 amide bonds. The van der Waals surface area contributed by atoms with Gasteiger partial charge in [0, 0.05) is 41.7 Å². The predicted molar refractivity (Wildman–Crippen MR) is 147 cm³/mol. The number of carbonyl (C=O) groups is 1. The van der Waals surface area contributed by atoms with E-state index in [2.05, 4.69) is 30.2 Å². The largest absolute Gasteiger partial charge is 0.508 e. The molecule has 1 saturated heterocycles. The lowest BCUT2D eigenvalue weighted by molar-refractivity contribution is -0.138. The van der Waals surface area contributed by atoms with Gasteiger partial charge in [-0.1, -0.05) is 50.3 Å². The second-order valence-electron chi connectivity index (χ2n) is 11.7. The number of piperidine rings is 1. The summed E-state index contributed by atoms with van der Waals surface area (Å²) in [6.45, 7) is 10.9. The van der Waals surface area contributed by atoms with Gasteiger partial charge in [0.2, 0.25) is 5.91 Å². The highest BCUT2D eigenvalue weighted by molar-refractivity contribution is 5.92. The number of amides is 1. The molecule has 6 rings (SSSR count). The quantitative estimate of drug-likeness (QED) is 0.422. The van der Waals surface area contributed by atoms with Crippen molar-refractivity contribution in [3.8, 4) is 11.5 Å². The Morgan fingerprint density at radius 3 is 2.81 bits per heavy atom. The van der Waals surface area contributed by atoms with Gasteiger partial charge in [0.25, 0.3) is 0 Å². The summed E-state index contributed by atoms with van der Waals surface area (Å²) in [6, 6.07) is 14.1.